The average molecular weight is 526 g/mol. The maximum absolute atomic E-state index is 12.8. The smallest absolute Gasteiger partial charge is 0.382 e. The molecule has 0 fully saturated rings. The molecule has 3 heterocycles. The summed E-state index contributed by atoms with van der Waals surface area (Å²) in [7, 11) is 0. The van der Waals surface area contributed by atoms with E-state index < -0.39 is 36.5 Å². The third-order valence-corrected chi connectivity index (χ3v) is 5.40. The Kier molecular flexibility index (Phi) is 7.07. The summed E-state index contributed by atoms with van der Waals surface area (Å²) < 4.78 is 76.3. The Morgan fingerprint density at radius 1 is 1.05 bits per heavy atom. The fourth-order valence-corrected chi connectivity index (χ4v) is 3.91. The number of pyridine rings is 1. The number of benzene rings is 1. The summed E-state index contributed by atoms with van der Waals surface area (Å²) in [5.41, 5.74) is 6.93. The second-order valence-electron chi connectivity index (χ2n) is 8.09. The molecule has 1 atom stereocenters. The number of fused-ring (bicyclic) bond motifs is 1. The molecule has 1 aromatic heterocycles. The van der Waals surface area contributed by atoms with Crippen LogP contribution >= 0.6 is 0 Å². The number of aromatic nitrogens is 1. The number of rotatable bonds is 6. The lowest BCUT2D eigenvalue weighted by Crippen LogP contribution is -2.34. The summed E-state index contributed by atoms with van der Waals surface area (Å²) in [5, 5.41) is 12.8. The number of urea groups is 1. The third kappa shape index (κ3) is 6.35. The zero-order valence-electron chi connectivity index (χ0n) is 18.9. The summed E-state index contributed by atoms with van der Waals surface area (Å²) >= 11 is 0. The van der Waals surface area contributed by atoms with E-state index in [9.17, 15) is 31.1 Å². The minimum atomic E-state index is -4.66. The number of hydrazone groups is 1. The average Bonchev–Trinajstić information content (AvgIpc) is 3.18. The van der Waals surface area contributed by atoms with Gasteiger partial charge in [-0.15, -0.1) is 0 Å². The maximum Gasteiger partial charge on any atom is 0.433 e. The van der Waals surface area contributed by atoms with Crippen molar-refractivity contribution in [3.05, 3.63) is 59.4 Å². The van der Waals surface area contributed by atoms with E-state index in [4.69, 9.17) is 5.73 Å². The summed E-state index contributed by atoms with van der Waals surface area (Å²) in [6, 6.07) is 8.62. The van der Waals surface area contributed by atoms with Crippen LogP contribution in [0.4, 0.5) is 42.6 Å². The van der Waals surface area contributed by atoms with Gasteiger partial charge in [-0.25, -0.2) is 14.8 Å². The maximum atomic E-state index is 12.8. The van der Waals surface area contributed by atoms with E-state index in [2.05, 4.69) is 31.0 Å². The van der Waals surface area contributed by atoms with E-state index in [1.54, 1.807) is 17.1 Å². The van der Waals surface area contributed by atoms with E-state index in [1.165, 1.54) is 24.5 Å². The molecule has 4 rings (SSSR count). The zero-order chi connectivity index (χ0) is 26.8. The van der Waals surface area contributed by atoms with E-state index in [1.807, 2.05) is 0 Å². The van der Waals surface area contributed by atoms with Gasteiger partial charge in [-0.3, -0.25) is 10.3 Å². The molecule has 1 aromatic carbocycles. The lowest BCUT2D eigenvalue weighted by atomic mass is 9.93. The van der Waals surface area contributed by atoms with Crippen LogP contribution in [-0.4, -0.2) is 54.0 Å². The van der Waals surface area contributed by atoms with Crippen molar-refractivity contribution in [1.29, 1.82) is 0 Å². The van der Waals surface area contributed by atoms with Crippen molar-refractivity contribution in [1.82, 2.24) is 15.3 Å². The van der Waals surface area contributed by atoms with Crippen molar-refractivity contribution in [2.45, 2.75) is 12.4 Å². The van der Waals surface area contributed by atoms with Gasteiger partial charge in [0.15, 0.2) is 5.84 Å². The van der Waals surface area contributed by atoms with Gasteiger partial charge >= 0.3 is 18.4 Å². The van der Waals surface area contributed by atoms with Gasteiger partial charge in [0.25, 0.3) is 0 Å². The van der Waals surface area contributed by atoms with Crippen molar-refractivity contribution >= 4 is 35.3 Å². The first-order valence-electron chi connectivity index (χ1n) is 10.8. The summed E-state index contributed by atoms with van der Waals surface area (Å²) in [5.74, 6) is -0.516. The number of nitrogens with zero attached hydrogens (tertiary/aromatic N) is 4. The highest BCUT2D eigenvalue weighted by Crippen LogP contribution is 2.37. The Morgan fingerprint density at radius 2 is 1.78 bits per heavy atom. The van der Waals surface area contributed by atoms with Crippen LogP contribution in [0.2, 0.25) is 0 Å². The minimum absolute atomic E-state index is 0.00401. The molecule has 5 N–H and O–H groups in total. The number of carbonyl (C=O) groups is 1. The molecule has 2 aromatic rings. The molecule has 0 saturated heterocycles. The number of amidine groups is 1. The van der Waals surface area contributed by atoms with Crippen LogP contribution in [0.25, 0.3) is 5.57 Å². The van der Waals surface area contributed by atoms with Gasteiger partial charge in [0.05, 0.1) is 6.54 Å². The van der Waals surface area contributed by atoms with Crippen LogP contribution in [0, 0.1) is 5.92 Å². The highest BCUT2D eigenvalue weighted by Gasteiger charge is 2.36. The molecule has 0 spiro atoms. The lowest BCUT2D eigenvalue weighted by molar-refractivity contribution is -0.141. The van der Waals surface area contributed by atoms with Gasteiger partial charge in [-0.05, 0) is 35.4 Å². The normalized spacial score (nSPS) is 17.5. The van der Waals surface area contributed by atoms with Gasteiger partial charge in [0, 0.05) is 24.7 Å². The molecule has 9 nitrogen and oxygen atoms in total. The number of amides is 2. The molecule has 2 aliphatic heterocycles. The largest absolute Gasteiger partial charge is 0.433 e. The Hall–Kier alpha value is -4.14. The van der Waals surface area contributed by atoms with Gasteiger partial charge in [-0.2, -0.15) is 31.4 Å². The van der Waals surface area contributed by atoms with E-state index in [-0.39, 0.29) is 24.7 Å². The van der Waals surface area contributed by atoms with E-state index in [0.717, 1.165) is 12.1 Å². The molecule has 15 heteroatoms. The monoisotopic (exact) mass is 526 g/mol. The number of nitrogens with two attached hydrogens (primary N) is 1. The van der Waals surface area contributed by atoms with Crippen LogP contribution < -0.4 is 21.7 Å². The van der Waals surface area contributed by atoms with Crippen molar-refractivity contribution in [3.8, 4) is 0 Å². The molecular formula is C22H20F6N8O. The summed E-state index contributed by atoms with van der Waals surface area (Å²) in [6.45, 7) is -0.865. The van der Waals surface area contributed by atoms with Crippen molar-refractivity contribution in [2.24, 2.45) is 21.7 Å². The fourth-order valence-electron chi connectivity index (χ4n) is 3.91. The van der Waals surface area contributed by atoms with Crippen LogP contribution in [0.3, 0.4) is 0 Å². The lowest BCUT2D eigenvalue weighted by Gasteiger charge is -2.18. The van der Waals surface area contributed by atoms with E-state index >= 15 is 0 Å². The third-order valence-electron chi connectivity index (χ3n) is 5.40. The second-order valence-corrected chi connectivity index (χ2v) is 8.09. The summed E-state index contributed by atoms with van der Waals surface area (Å²) in [4.78, 5) is 19.6. The minimum Gasteiger partial charge on any atom is -0.382 e. The number of halogens is 6. The molecule has 0 saturated carbocycles. The van der Waals surface area contributed by atoms with Crippen LogP contribution in [0.15, 0.2) is 58.3 Å². The first kappa shape index (κ1) is 25.9. The molecule has 0 aliphatic carbocycles. The number of aliphatic imine (C=N–C) groups is 1. The second kappa shape index (κ2) is 10.1. The topological polar surface area (TPSA) is 120 Å². The van der Waals surface area contributed by atoms with E-state index in [0.29, 0.717) is 22.5 Å². The Balaban J connectivity index is 1.48. The molecule has 2 amide bonds. The molecule has 0 radical (unpaired) electrons. The predicted octanol–water partition coefficient (Wildman–Crippen LogP) is 3.85. The van der Waals surface area contributed by atoms with Gasteiger partial charge in [0.1, 0.15) is 23.5 Å². The Bertz CT molecular complexity index is 1250. The van der Waals surface area contributed by atoms with Crippen molar-refractivity contribution < 1.29 is 31.1 Å². The van der Waals surface area contributed by atoms with Crippen LogP contribution in [0.1, 0.15) is 11.3 Å². The Labute approximate surface area is 206 Å². The Morgan fingerprint density at radius 3 is 2.46 bits per heavy atom. The number of alkyl halides is 6. The highest BCUT2D eigenvalue weighted by atomic mass is 19.4. The van der Waals surface area contributed by atoms with Crippen LogP contribution in [-0.2, 0) is 6.18 Å². The van der Waals surface area contributed by atoms with Crippen molar-refractivity contribution in [3.63, 3.8) is 0 Å². The van der Waals surface area contributed by atoms with Gasteiger partial charge in [-0.1, -0.05) is 18.2 Å². The first-order valence-corrected chi connectivity index (χ1v) is 10.8. The first-order chi connectivity index (χ1) is 17.4. The number of nitrogens with one attached hydrogen (secondary N) is 3. The number of carbonyl (C=O) groups excluding carboxylic acids is 1. The number of hydrogen-bond acceptors (Lipinski definition) is 7. The number of anilines is 2. The molecule has 0 bridgehead atoms. The standard InChI is InChI=1S/C22H20F6N8O/c23-21(24,25)10-30-8-13-9-36-18(19(29)31-11-32-36)17(13)12-4-6-14(7-5-12)33-20(37)35-16-3-1-2-15(34-16)22(26,27)28/h1-7,11,13,30H,8-10H2,(H2,29,31,32)(H2,33,34,35,37). The SMILES string of the molecule is NC1=NC=NN2CC(CNCC(F)(F)F)C(c3ccc(NC(=O)Nc4cccc(C(F)(F)F)n4)cc3)=C12. The van der Waals surface area contributed by atoms with Gasteiger partial charge in [0.2, 0.25) is 0 Å². The van der Waals surface area contributed by atoms with Crippen molar-refractivity contribution in [2.75, 3.05) is 30.3 Å². The fraction of sp³-hybridized carbons (Fsp3) is 0.273. The highest BCUT2D eigenvalue weighted by molar-refractivity contribution is 6.08. The quantitative estimate of drug-likeness (QED) is 0.427. The predicted molar refractivity (Wildman–Crippen MR) is 124 cm³/mol. The molecular weight excluding hydrogens is 506 g/mol. The van der Waals surface area contributed by atoms with Gasteiger partial charge < -0.3 is 16.4 Å². The number of hydrogen-bond donors (Lipinski definition) is 4. The zero-order valence-corrected chi connectivity index (χ0v) is 18.9. The summed E-state index contributed by atoms with van der Waals surface area (Å²) in [6.07, 6.45) is -7.77. The molecule has 196 valence electrons. The van der Waals surface area contributed by atoms with Crippen LogP contribution in [0.5, 0.6) is 0 Å². The molecule has 2 aliphatic rings. The molecule has 37 heavy (non-hydrogen) atoms. The molecule has 1 unspecified atom stereocenters.